The standard InChI is InChI=1S/C20H36.CH4/c1-15-3-7-17(8-4-15)19-11-13-20(14-12-19)18-9-5-16(2)6-10-18;/h15-20H,3-14H2,1-2H3;1H4. The number of hydrogen-bond acceptors (Lipinski definition) is 0. The lowest BCUT2D eigenvalue weighted by molar-refractivity contribution is 0.108. The predicted molar refractivity (Wildman–Crippen MR) is 94.4 cm³/mol. The molecule has 0 heterocycles. The number of rotatable bonds is 2. The first kappa shape index (κ1) is 17.4. The molecule has 3 saturated carbocycles. The van der Waals surface area contributed by atoms with E-state index in [9.17, 15) is 0 Å². The van der Waals surface area contributed by atoms with Crippen LogP contribution in [0.4, 0.5) is 0 Å². The van der Waals surface area contributed by atoms with Gasteiger partial charge in [0.05, 0.1) is 0 Å². The van der Waals surface area contributed by atoms with Gasteiger partial charge in [0, 0.05) is 0 Å². The van der Waals surface area contributed by atoms with E-state index in [2.05, 4.69) is 13.8 Å². The second-order valence-electron chi connectivity index (χ2n) is 8.71. The monoisotopic (exact) mass is 292 g/mol. The van der Waals surface area contributed by atoms with Gasteiger partial charge >= 0.3 is 0 Å². The van der Waals surface area contributed by atoms with Crippen LogP contribution in [-0.4, -0.2) is 0 Å². The third kappa shape index (κ3) is 4.49. The Kier molecular flexibility index (Phi) is 6.63. The van der Waals surface area contributed by atoms with Crippen LogP contribution in [0.2, 0.25) is 0 Å². The largest absolute Gasteiger partial charge is 0.0776 e. The van der Waals surface area contributed by atoms with E-state index < -0.39 is 0 Å². The van der Waals surface area contributed by atoms with Crippen LogP contribution in [0.25, 0.3) is 0 Å². The van der Waals surface area contributed by atoms with Gasteiger partial charge in [-0.15, -0.1) is 0 Å². The van der Waals surface area contributed by atoms with Crippen molar-refractivity contribution in [2.45, 2.75) is 98.3 Å². The molecule has 3 aliphatic carbocycles. The highest BCUT2D eigenvalue weighted by Gasteiger charge is 2.33. The van der Waals surface area contributed by atoms with Gasteiger partial charge in [0.1, 0.15) is 0 Å². The third-order valence-corrected chi connectivity index (χ3v) is 7.27. The van der Waals surface area contributed by atoms with Crippen LogP contribution < -0.4 is 0 Å². The van der Waals surface area contributed by atoms with Crippen LogP contribution in [0.3, 0.4) is 0 Å². The molecule has 3 rings (SSSR count). The summed E-state index contributed by atoms with van der Waals surface area (Å²) >= 11 is 0. The van der Waals surface area contributed by atoms with E-state index in [0.29, 0.717) is 0 Å². The van der Waals surface area contributed by atoms with Gasteiger partial charge in [-0.3, -0.25) is 0 Å². The zero-order valence-corrected chi connectivity index (χ0v) is 13.9. The molecule has 3 aliphatic rings. The summed E-state index contributed by atoms with van der Waals surface area (Å²) in [5.41, 5.74) is 0. The fraction of sp³-hybridized carbons (Fsp3) is 1.00. The Bertz CT molecular complexity index is 240. The van der Waals surface area contributed by atoms with Gasteiger partial charge in [-0.25, -0.2) is 0 Å². The summed E-state index contributed by atoms with van der Waals surface area (Å²) in [6.45, 7) is 4.91. The minimum atomic E-state index is 0. The smallest absolute Gasteiger partial charge is 0.0386 e. The topological polar surface area (TPSA) is 0 Å². The first-order valence-corrected chi connectivity index (χ1v) is 9.72. The number of hydrogen-bond donors (Lipinski definition) is 0. The SMILES string of the molecule is C.CC1CCC(C2CCC(C3CCC(C)CC3)CC2)CC1. The Morgan fingerprint density at radius 2 is 0.571 bits per heavy atom. The highest BCUT2D eigenvalue weighted by molar-refractivity contribution is 4.85. The van der Waals surface area contributed by atoms with Gasteiger partial charge in [-0.2, -0.15) is 0 Å². The molecule has 0 bridgehead atoms. The fourth-order valence-electron chi connectivity index (χ4n) is 5.60. The van der Waals surface area contributed by atoms with Gasteiger partial charge in [0.25, 0.3) is 0 Å². The molecule has 0 nitrogen and oxygen atoms in total. The molecule has 0 aromatic rings. The van der Waals surface area contributed by atoms with Crippen molar-refractivity contribution in [3.05, 3.63) is 0 Å². The molecule has 124 valence electrons. The zero-order chi connectivity index (χ0) is 13.9. The minimum absolute atomic E-state index is 0. The van der Waals surface area contributed by atoms with E-state index >= 15 is 0 Å². The van der Waals surface area contributed by atoms with Gasteiger partial charge in [0.2, 0.25) is 0 Å². The lowest BCUT2D eigenvalue weighted by Crippen LogP contribution is -2.29. The van der Waals surface area contributed by atoms with E-state index in [1.54, 1.807) is 51.4 Å². The summed E-state index contributed by atoms with van der Waals surface area (Å²) in [6.07, 6.45) is 18.6. The summed E-state index contributed by atoms with van der Waals surface area (Å²) in [7, 11) is 0. The molecule has 0 aliphatic heterocycles. The molecular weight excluding hydrogens is 252 g/mol. The Labute approximate surface area is 134 Å². The quantitative estimate of drug-likeness (QED) is 0.510. The normalized spacial score (nSPS) is 44.9. The van der Waals surface area contributed by atoms with E-state index in [0.717, 1.165) is 35.5 Å². The molecule has 0 unspecified atom stereocenters. The fourth-order valence-corrected chi connectivity index (χ4v) is 5.60. The molecule has 0 saturated heterocycles. The van der Waals surface area contributed by atoms with Crippen molar-refractivity contribution in [2.75, 3.05) is 0 Å². The average molecular weight is 293 g/mol. The van der Waals surface area contributed by atoms with Crippen molar-refractivity contribution in [1.82, 2.24) is 0 Å². The highest BCUT2D eigenvalue weighted by atomic mass is 14.4. The summed E-state index contributed by atoms with van der Waals surface area (Å²) in [5, 5.41) is 0. The molecule has 0 atom stereocenters. The summed E-state index contributed by atoms with van der Waals surface area (Å²) in [4.78, 5) is 0. The van der Waals surface area contributed by atoms with Gasteiger partial charge < -0.3 is 0 Å². The maximum absolute atomic E-state index is 2.46. The third-order valence-electron chi connectivity index (χ3n) is 7.27. The van der Waals surface area contributed by atoms with Crippen molar-refractivity contribution in [1.29, 1.82) is 0 Å². The van der Waals surface area contributed by atoms with E-state index in [1.165, 1.54) is 25.7 Å². The highest BCUT2D eigenvalue weighted by Crippen LogP contribution is 2.45. The van der Waals surface area contributed by atoms with E-state index in [-0.39, 0.29) is 7.43 Å². The maximum atomic E-state index is 2.46. The van der Waals surface area contributed by atoms with Crippen molar-refractivity contribution < 1.29 is 0 Å². The average Bonchev–Trinajstić information content (AvgIpc) is 2.49. The van der Waals surface area contributed by atoms with Gasteiger partial charge in [0.15, 0.2) is 0 Å². The van der Waals surface area contributed by atoms with Crippen LogP contribution >= 0.6 is 0 Å². The zero-order valence-electron chi connectivity index (χ0n) is 13.9. The first-order chi connectivity index (χ1) is 9.72. The predicted octanol–water partition coefficient (Wildman–Crippen LogP) is 7.08. The molecule has 0 radical (unpaired) electrons. The van der Waals surface area contributed by atoms with Gasteiger partial charge in [-0.05, 0) is 86.9 Å². The summed E-state index contributed by atoms with van der Waals surface area (Å²) in [6, 6.07) is 0. The van der Waals surface area contributed by atoms with Crippen LogP contribution in [-0.2, 0) is 0 Å². The van der Waals surface area contributed by atoms with Crippen LogP contribution in [0.5, 0.6) is 0 Å². The van der Waals surface area contributed by atoms with Gasteiger partial charge in [-0.1, -0.05) is 47.0 Å². The Balaban J connectivity index is 0.00000161. The van der Waals surface area contributed by atoms with Crippen molar-refractivity contribution in [3.8, 4) is 0 Å². The Morgan fingerprint density at radius 3 is 0.810 bits per heavy atom. The molecular formula is C21H40. The summed E-state index contributed by atoms with van der Waals surface area (Å²) in [5.74, 6) is 6.48. The first-order valence-electron chi connectivity index (χ1n) is 9.72. The molecule has 0 spiro atoms. The van der Waals surface area contributed by atoms with E-state index in [4.69, 9.17) is 0 Å². The maximum Gasteiger partial charge on any atom is -0.0386 e. The Morgan fingerprint density at radius 1 is 0.381 bits per heavy atom. The lowest BCUT2D eigenvalue weighted by atomic mass is 9.65. The molecule has 0 N–H and O–H groups in total. The van der Waals surface area contributed by atoms with Crippen molar-refractivity contribution >= 4 is 0 Å². The Hall–Kier alpha value is 0. The minimum Gasteiger partial charge on any atom is -0.0776 e. The molecule has 3 fully saturated rings. The van der Waals surface area contributed by atoms with Crippen molar-refractivity contribution in [2.24, 2.45) is 35.5 Å². The second kappa shape index (κ2) is 8.02. The second-order valence-corrected chi connectivity index (χ2v) is 8.71. The molecule has 0 amide bonds. The lowest BCUT2D eigenvalue weighted by Gasteiger charge is -2.41. The van der Waals surface area contributed by atoms with Crippen molar-refractivity contribution in [3.63, 3.8) is 0 Å². The molecule has 21 heavy (non-hydrogen) atoms. The van der Waals surface area contributed by atoms with Crippen LogP contribution in [0.1, 0.15) is 98.3 Å². The van der Waals surface area contributed by atoms with Crippen LogP contribution in [0, 0.1) is 35.5 Å². The molecule has 0 aromatic heterocycles. The molecule has 0 aromatic carbocycles. The van der Waals surface area contributed by atoms with Crippen LogP contribution in [0.15, 0.2) is 0 Å². The molecule has 0 heteroatoms. The van der Waals surface area contributed by atoms with E-state index in [1.807, 2.05) is 0 Å². The summed E-state index contributed by atoms with van der Waals surface area (Å²) < 4.78 is 0.